The Labute approximate surface area is 166 Å². The minimum absolute atomic E-state index is 0.294. The van der Waals surface area contributed by atoms with Crippen LogP contribution in [0.4, 0.5) is 0 Å². The lowest BCUT2D eigenvalue weighted by Gasteiger charge is -2.02. The minimum Gasteiger partial charge on any atom is -0.268 e. The molecule has 0 spiro atoms. The topological polar surface area (TPSA) is 72.2 Å². The number of aromatic nitrogens is 3. The van der Waals surface area contributed by atoms with E-state index in [0.29, 0.717) is 17.3 Å². The van der Waals surface area contributed by atoms with Gasteiger partial charge in [0.15, 0.2) is 5.69 Å². The number of hydrazone groups is 1. The molecule has 0 saturated heterocycles. The van der Waals surface area contributed by atoms with Crippen LogP contribution in [0.2, 0.25) is 5.02 Å². The van der Waals surface area contributed by atoms with E-state index in [-0.39, 0.29) is 5.91 Å². The van der Waals surface area contributed by atoms with Crippen molar-refractivity contribution in [2.75, 3.05) is 0 Å². The number of rotatable bonds is 5. The van der Waals surface area contributed by atoms with Crippen molar-refractivity contribution in [3.63, 3.8) is 0 Å². The van der Waals surface area contributed by atoms with Crippen molar-refractivity contribution in [3.05, 3.63) is 94.9 Å². The normalized spacial score (nSPS) is 11.2. The van der Waals surface area contributed by atoms with Gasteiger partial charge in [-0.25, -0.2) is 5.43 Å². The molecule has 1 amide bonds. The van der Waals surface area contributed by atoms with E-state index < -0.39 is 0 Å². The van der Waals surface area contributed by atoms with Gasteiger partial charge in [0.25, 0.3) is 5.91 Å². The van der Waals surface area contributed by atoms with Gasteiger partial charge in [-0.1, -0.05) is 48.0 Å². The number of halogens is 1. The fourth-order valence-electron chi connectivity index (χ4n) is 2.80. The number of carbonyl (C=O) groups is 1. The molecule has 0 fully saturated rings. The Bertz CT molecular complexity index is 1150. The fraction of sp³-hybridized carbons (Fsp3) is 0.0476. The zero-order valence-corrected chi connectivity index (χ0v) is 15.5. The minimum atomic E-state index is -0.376. The SMILES string of the molecule is O=C(N/N=C/c1cccc2cccnc12)c1ccn(Cc2ccc(Cl)cc2)n1. The molecule has 2 heterocycles. The number of fused-ring (bicyclic) bond motifs is 1. The van der Waals surface area contributed by atoms with E-state index in [1.165, 1.54) is 0 Å². The van der Waals surface area contributed by atoms with E-state index in [4.69, 9.17) is 11.6 Å². The highest BCUT2D eigenvalue weighted by Crippen LogP contribution is 2.14. The molecule has 0 bridgehead atoms. The first kappa shape index (κ1) is 17.9. The van der Waals surface area contributed by atoms with Gasteiger partial charge in [0.1, 0.15) is 0 Å². The van der Waals surface area contributed by atoms with Gasteiger partial charge in [-0.05, 0) is 29.8 Å². The average Bonchev–Trinajstić information content (AvgIpc) is 3.18. The predicted molar refractivity (Wildman–Crippen MR) is 110 cm³/mol. The second-order valence-corrected chi connectivity index (χ2v) is 6.58. The lowest BCUT2D eigenvalue weighted by molar-refractivity contribution is 0.0949. The molecule has 2 aromatic carbocycles. The molecular weight excluding hydrogens is 374 g/mol. The molecule has 6 nitrogen and oxygen atoms in total. The first-order valence-electron chi connectivity index (χ1n) is 8.64. The Morgan fingerprint density at radius 3 is 2.79 bits per heavy atom. The number of nitrogens with one attached hydrogen (secondary N) is 1. The molecule has 4 rings (SSSR count). The maximum atomic E-state index is 12.3. The number of pyridine rings is 1. The van der Waals surface area contributed by atoms with Gasteiger partial charge in [0.2, 0.25) is 0 Å². The number of hydrogen-bond acceptors (Lipinski definition) is 4. The zero-order chi connectivity index (χ0) is 19.3. The molecule has 4 aromatic rings. The number of benzene rings is 2. The number of carbonyl (C=O) groups excluding carboxylic acids is 1. The summed E-state index contributed by atoms with van der Waals surface area (Å²) in [6.07, 6.45) is 5.06. The Morgan fingerprint density at radius 1 is 1.11 bits per heavy atom. The smallest absolute Gasteiger partial charge is 0.268 e. The quantitative estimate of drug-likeness (QED) is 0.415. The van der Waals surface area contributed by atoms with Crippen molar-refractivity contribution in [2.45, 2.75) is 6.54 Å². The van der Waals surface area contributed by atoms with Crippen LogP contribution in [0, 0.1) is 0 Å². The van der Waals surface area contributed by atoms with Crippen molar-refractivity contribution in [1.82, 2.24) is 20.2 Å². The van der Waals surface area contributed by atoms with Crippen LogP contribution in [0.25, 0.3) is 10.9 Å². The highest BCUT2D eigenvalue weighted by molar-refractivity contribution is 6.30. The van der Waals surface area contributed by atoms with E-state index in [1.807, 2.05) is 54.6 Å². The zero-order valence-electron chi connectivity index (χ0n) is 14.8. The molecule has 28 heavy (non-hydrogen) atoms. The van der Waals surface area contributed by atoms with Crippen LogP contribution in [0.1, 0.15) is 21.6 Å². The monoisotopic (exact) mass is 389 g/mol. The fourth-order valence-corrected chi connectivity index (χ4v) is 2.92. The molecule has 2 aromatic heterocycles. The Hall–Kier alpha value is -3.51. The van der Waals surface area contributed by atoms with E-state index in [0.717, 1.165) is 22.0 Å². The molecule has 0 aliphatic carbocycles. The summed E-state index contributed by atoms with van der Waals surface area (Å²) in [4.78, 5) is 16.6. The molecule has 0 saturated carbocycles. The highest BCUT2D eigenvalue weighted by atomic mass is 35.5. The molecule has 1 N–H and O–H groups in total. The maximum Gasteiger partial charge on any atom is 0.291 e. The van der Waals surface area contributed by atoms with Gasteiger partial charge < -0.3 is 0 Å². The molecule has 0 atom stereocenters. The van der Waals surface area contributed by atoms with Crippen LogP contribution in [0.5, 0.6) is 0 Å². The van der Waals surface area contributed by atoms with E-state index in [9.17, 15) is 4.79 Å². The van der Waals surface area contributed by atoms with Crippen molar-refractivity contribution < 1.29 is 4.79 Å². The molecule has 138 valence electrons. The lowest BCUT2D eigenvalue weighted by Crippen LogP contribution is -2.18. The van der Waals surface area contributed by atoms with Crippen molar-refractivity contribution in [2.24, 2.45) is 5.10 Å². The Kier molecular flexibility index (Phi) is 5.12. The molecule has 0 radical (unpaired) electrons. The molecule has 0 unspecified atom stereocenters. The second kappa shape index (κ2) is 8.02. The van der Waals surface area contributed by atoms with Crippen LogP contribution in [-0.2, 0) is 6.54 Å². The van der Waals surface area contributed by atoms with E-state index in [2.05, 4.69) is 20.6 Å². The number of nitrogens with zero attached hydrogens (tertiary/aromatic N) is 4. The van der Waals surface area contributed by atoms with Crippen LogP contribution >= 0.6 is 11.6 Å². The third-order valence-electron chi connectivity index (χ3n) is 4.16. The molecular formula is C21H16ClN5O. The number of para-hydroxylation sites is 1. The summed E-state index contributed by atoms with van der Waals surface area (Å²) in [5, 5.41) is 10.0. The van der Waals surface area contributed by atoms with Crippen molar-refractivity contribution >= 4 is 34.6 Å². The summed E-state index contributed by atoms with van der Waals surface area (Å²) in [5.74, 6) is -0.376. The van der Waals surface area contributed by atoms with Gasteiger partial charge in [-0.3, -0.25) is 14.5 Å². The third-order valence-corrected chi connectivity index (χ3v) is 4.42. The summed E-state index contributed by atoms with van der Waals surface area (Å²) in [6, 6.07) is 18.8. The van der Waals surface area contributed by atoms with Gasteiger partial charge in [-0.15, -0.1) is 0 Å². The second-order valence-electron chi connectivity index (χ2n) is 6.15. The standard InChI is InChI=1S/C21H16ClN5O/c22-18-8-6-15(7-9-18)14-27-12-10-19(26-27)21(28)25-24-13-17-4-1-3-16-5-2-11-23-20(16)17/h1-13H,14H2,(H,25,28)/b24-13+. The van der Waals surface area contributed by atoms with Crippen molar-refractivity contribution in [1.29, 1.82) is 0 Å². The summed E-state index contributed by atoms with van der Waals surface area (Å²) < 4.78 is 1.69. The van der Waals surface area contributed by atoms with Crippen molar-refractivity contribution in [3.8, 4) is 0 Å². The van der Waals surface area contributed by atoms with Gasteiger partial charge in [0, 0.05) is 28.4 Å². The van der Waals surface area contributed by atoms with E-state index >= 15 is 0 Å². The molecule has 0 aliphatic rings. The van der Waals surface area contributed by atoms with Crippen LogP contribution in [0.15, 0.2) is 78.2 Å². The summed E-state index contributed by atoms with van der Waals surface area (Å²) in [5.41, 5.74) is 5.50. The van der Waals surface area contributed by atoms with Gasteiger partial charge in [-0.2, -0.15) is 10.2 Å². The summed E-state index contributed by atoms with van der Waals surface area (Å²) >= 11 is 5.89. The maximum absolute atomic E-state index is 12.3. The largest absolute Gasteiger partial charge is 0.291 e. The highest BCUT2D eigenvalue weighted by Gasteiger charge is 2.09. The lowest BCUT2D eigenvalue weighted by atomic mass is 10.1. The third kappa shape index (κ3) is 4.07. The number of amides is 1. The first-order chi connectivity index (χ1) is 13.7. The number of hydrogen-bond donors (Lipinski definition) is 1. The summed E-state index contributed by atoms with van der Waals surface area (Å²) in [6.45, 7) is 0.551. The van der Waals surface area contributed by atoms with Crippen LogP contribution in [-0.4, -0.2) is 26.9 Å². The van der Waals surface area contributed by atoms with Gasteiger partial charge in [0.05, 0.1) is 18.3 Å². The Balaban J connectivity index is 1.42. The van der Waals surface area contributed by atoms with Gasteiger partial charge >= 0.3 is 0 Å². The molecule has 7 heteroatoms. The Morgan fingerprint density at radius 2 is 1.93 bits per heavy atom. The van der Waals surface area contributed by atoms with E-state index in [1.54, 1.807) is 29.4 Å². The average molecular weight is 390 g/mol. The summed E-state index contributed by atoms with van der Waals surface area (Å²) in [7, 11) is 0. The van der Waals surface area contributed by atoms with Crippen LogP contribution < -0.4 is 5.43 Å². The first-order valence-corrected chi connectivity index (χ1v) is 9.02. The molecule has 0 aliphatic heterocycles. The van der Waals surface area contributed by atoms with Crippen LogP contribution in [0.3, 0.4) is 0 Å². The predicted octanol–water partition coefficient (Wildman–Crippen LogP) is 3.90.